The molecule has 0 saturated carbocycles. The number of rotatable bonds is 2. The van der Waals surface area contributed by atoms with E-state index >= 15 is 0 Å². The maximum atomic E-state index is 10.9. The molecule has 0 atom stereocenters. The van der Waals surface area contributed by atoms with Gasteiger partial charge in [0.1, 0.15) is 5.15 Å². The van der Waals surface area contributed by atoms with Crippen LogP contribution in [0.1, 0.15) is 22.8 Å². The summed E-state index contributed by atoms with van der Waals surface area (Å²) in [4.78, 5) is 25.3. The first kappa shape index (κ1) is 13.0. The molecule has 5 nitrogen and oxygen atoms in total. The molecular weight excluding hydrogens is 246 g/mol. The van der Waals surface area contributed by atoms with E-state index in [1.807, 2.05) is 0 Å². The number of aromatic nitrogens is 1. The topological polar surface area (TPSA) is 76.5 Å². The van der Waals surface area contributed by atoms with Gasteiger partial charge in [-0.1, -0.05) is 17.5 Å². The predicted molar refractivity (Wildman–Crippen MR) is 59.7 cm³/mol. The average molecular weight is 254 g/mol. The summed E-state index contributed by atoms with van der Waals surface area (Å²) in [5.74, 6) is 2.75. The van der Waals surface area contributed by atoms with Gasteiger partial charge in [-0.15, -0.1) is 0 Å². The number of ether oxygens (including phenoxy) is 1. The molecule has 0 aliphatic rings. The second kappa shape index (κ2) is 5.87. The number of hydrogen-bond donors (Lipinski definition) is 1. The molecule has 1 rings (SSSR count). The third-order valence-corrected chi connectivity index (χ3v) is 1.96. The van der Waals surface area contributed by atoms with E-state index in [1.54, 1.807) is 6.92 Å². The van der Waals surface area contributed by atoms with Crippen LogP contribution in [0.4, 0.5) is 0 Å². The Morgan fingerprint density at radius 3 is 2.88 bits per heavy atom. The highest BCUT2D eigenvalue weighted by atomic mass is 35.5. The van der Waals surface area contributed by atoms with Crippen LogP contribution in [-0.4, -0.2) is 28.6 Å². The van der Waals surface area contributed by atoms with Gasteiger partial charge in [0.2, 0.25) is 0 Å². The van der Waals surface area contributed by atoms with E-state index < -0.39 is 11.9 Å². The Hall–Kier alpha value is -2.06. The van der Waals surface area contributed by atoms with E-state index in [9.17, 15) is 9.59 Å². The summed E-state index contributed by atoms with van der Waals surface area (Å²) < 4.78 is 4.59. The smallest absolute Gasteiger partial charge is 0.384 e. The lowest BCUT2D eigenvalue weighted by Crippen LogP contribution is -2.01. The van der Waals surface area contributed by atoms with Crippen LogP contribution in [0.15, 0.2) is 12.3 Å². The second-order valence-electron chi connectivity index (χ2n) is 2.84. The molecule has 0 unspecified atom stereocenters. The molecule has 0 aromatic carbocycles. The molecule has 17 heavy (non-hydrogen) atoms. The minimum Gasteiger partial charge on any atom is -0.478 e. The fourth-order valence-corrected chi connectivity index (χ4v) is 1.14. The van der Waals surface area contributed by atoms with E-state index in [1.165, 1.54) is 12.3 Å². The van der Waals surface area contributed by atoms with Gasteiger partial charge >= 0.3 is 11.9 Å². The van der Waals surface area contributed by atoms with Crippen molar-refractivity contribution in [2.75, 3.05) is 6.61 Å². The molecule has 1 aromatic rings. The molecule has 0 saturated heterocycles. The zero-order chi connectivity index (χ0) is 12.8. The Morgan fingerprint density at radius 1 is 1.59 bits per heavy atom. The number of pyridine rings is 1. The Labute approximate surface area is 102 Å². The number of esters is 1. The van der Waals surface area contributed by atoms with Crippen LogP contribution in [0, 0.1) is 11.8 Å². The number of carbonyl (C=O) groups excluding carboxylic acids is 1. The average Bonchev–Trinajstić information content (AvgIpc) is 2.28. The van der Waals surface area contributed by atoms with Crippen molar-refractivity contribution >= 4 is 23.5 Å². The number of carboxylic acid groups (broad SMARTS) is 1. The third kappa shape index (κ3) is 3.78. The molecule has 0 amide bonds. The van der Waals surface area contributed by atoms with Gasteiger partial charge in [-0.2, -0.15) is 0 Å². The highest BCUT2D eigenvalue weighted by molar-refractivity contribution is 6.32. The SMILES string of the molecule is CCOC(=O)C#Cc1cnc(Cl)c(C(=O)O)c1. The standard InChI is InChI=1S/C11H8ClNO4/c1-2-17-9(14)4-3-7-5-8(11(15)16)10(12)13-6-7/h5-6H,2H2,1H3,(H,15,16). The first-order valence-corrected chi connectivity index (χ1v) is 5.00. The van der Waals surface area contributed by atoms with Crippen molar-refractivity contribution in [1.82, 2.24) is 4.98 Å². The van der Waals surface area contributed by atoms with Crippen LogP contribution in [0.5, 0.6) is 0 Å². The number of carbonyl (C=O) groups is 2. The largest absolute Gasteiger partial charge is 0.478 e. The van der Waals surface area contributed by atoms with Crippen molar-refractivity contribution in [2.24, 2.45) is 0 Å². The van der Waals surface area contributed by atoms with Crippen molar-refractivity contribution in [2.45, 2.75) is 6.92 Å². The highest BCUT2D eigenvalue weighted by Gasteiger charge is 2.09. The van der Waals surface area contributed by atoms with Gasteiger partial charge in [-0.3, -0.25) is 0 Å². The van der Waals surface area contributed by atoms with Gasteiger partial charge in [-0.25, -0.2) is 14.6 Å². The van der Waals surface area contributed by atoms with Gasteiger partial charge in [0.25, 0.3) is 0 Å². The van der Waals surface area contributed by atoms with Crippen LogP contribution >= 0.6 is 11.6 Å². The van der Waals surface area contributed by atoms with Gasteiger partial charge in [0.15, 0.2) is 0 Å². The molecule has 0 aliphatic heterocycles. The summed E-state index contributed by atoms with van der Waals surface area (Å²) >= 11 is 5.57. The molecule has 0 radical (unpaired) electrons. The zero-order valence-electron chi connectivity index (χ0n) is 8.86. The van der Waals surface area contributed by atoms with E-state index in [-0.39, 0.29) is 22.9 Å². The normalized spacial score (nSPS) is 9.06. The number of halogens is 1. The number of hydrogen-bond acceptors (Lipinski definition) is 4. The van der Waals surface area contributed by atoms with Crippen LogP contribution in [0.3, 0.4) is 0 Å². The molecule has 1 heterocycles. The first-order valence-electron chi connectivity index (χ1n) is 4.62. The zero-order valence-corrected chi connectivity index (χ0v) is 9.61. The van der Waals surface area contributed by atoms with E-state index in [4.69, 9.17) is 16.7 Å². The fraction of sp³-hybridized carbons (Fsp3) is 0.182. The molecule has 1 aromatic heterocycles. The second-order valence-corrected chi connectivity index (χ2v) is 3.20. The van der Waals surface area contributed by atoms with E-state index in [2.05, 4.69) is 21.6 Å². The lowest BCUT2D eigenvalue weighted by molar-refractivity contribution is -0.136. The lowest BCUT2D eigenvalue weighted by atomic mass is 10.2. The van der Waals surface area contributed by atoms with Crippen molar-refractivity contribution < 1.29 is 19.4 Å². The Kier molecular flexibility index (Phi) is 4.49. The number of carboxylic acids is 1. The van der Waals surface area contributed by atoms with Gasteiger partial charge < -0.3 is 9.84 Å². The molecule has 0 aliphatic carbocycles. The minimum absolute atomic E-state index is 0.126. The molecule has 1 N–H and O–H groups in total. The highest BCUT2D eigenvalue weighted by Crippen LogP contribution is 2.13. The quantitative estimate of drug-likeness (QED) is 0.489. The van der Waals surface area contributed by atoms with Crippen molar-refractivity contribution in [3.05, 3.63) is 28.5 Å². The summed E-state index contributed by atoms with van der Waals surface area (Å²) in [5.41, 5.74) is 0.113. The van der Waals surface area contributed by atoms with Crippen LogP contribution in [0.25, 0.3) is 0 Å². The number of aromatic carboxylic acids is 1. The number of nitrogens with zero attached hydrogens (tertiary/aromatic N) is 1. The van der Waals surface area contributed by atoms with Gasteiger partial charge in [0, 0.05) is 17.7 Å². The molecule has 6 heteroatoms. The predicted octanol–water partition coefficient (Wildman–Crippen LogP) is 1.35. The molecular formula is C11H8ClNO4. The van der Waals surface area contributed by atoms with Gasteiger partial charge in [-0.05, 0) is 13.0 Å². The van der Waals surface area contributed by atoms with Crippen molar-refractivity contribution in [3.8, 4) is 11.8 Å². The van der Waals surface area contributed by atoms with Crippen molar-refractivity contribution in [3.63, 3.8) is 0 Å². The maximum Gasteiger partial charge on any atom is 0.384 e. The van der Waals surface area contributed by atoms with Crippen molar-refractivity contribution in [1.29, 1.82) is 0 Å². The Bertz CT molecular complexity index is 516. The summed E-state index contributed by atoms with van der Waals surface area (Å²) in [5, 5.41) is 8.66. The molecule has 0 spiro atoms. The Balaban J connectivity index is 2.97. The summed E-state index contributed by atoms with van der Waals surface area (Å²) in [6.07, 6.45) is 1.28. The van der Waals surface area contributed by atoms with E-state index in [0.717, 1.165) is 0 Å². The first-order chi connectivity index (χ1) is 8.04. The van der Waals surface area contributed by atoms with Crippen LogP contribution in [0.2, 0.25) is 5.15 Å². The van der Waals surface area contributed by atoms with Crippen LogP contribution < -0.4 is 0 Å². The minimum atomic E-state index is -1.21. The third-order valence-electron chi connectivity index (χ3n) is 1.65. The fourth-order valence-electron chi connectivity index (χ4n) is 0.957. The summed E-state index contributed by atoms with van der Waals surface area (Å²) in [6.45, 7) is 1.89. The summed E-state index contributed by atoms with van der Waals surface area (Å²) in [7, 11) is 0. The van der Waals surface area contributed by atoms with E-state index in [0.29, 0.717) is 0 Å². The molecule has 88 valence electrons. The molecule has 0 bridgehead atoms. The molecule has 0 fully saturated rings. The monoisotopic (exact) mass is 253 g/mol. The Morgan fingerprint density at radius 2 is 2.29 bits per heavy atom. The van der Waals surface area contributed by atoms with Gasteiger partial charge in [0.05, 0.1) is 12.2 Å². The van der Waals surface area contributed by atoms with Crippen LogP contribution in [-0.2, 0) is 9.53 Å². The maximum absolute atomic E-state index is 10.9. The lowest BCUT2D eigenvalue weighted by Gasteiger charge is -1.97. The summed E-state index contributed by atoms with van der Waals surface area (Å²) in [6, 6.07) is 1.24.